The van der Waals surface area contributed by atoms with Crippen molar-refractivity contribution in [3.63, 3.8) is 0 Å². The van der Waals surface area contributed by atoms with Gasteiger partial charge >= 0.3 is 0 Å². The van der Waals surface area contributed by atoms with Crippen molar-refractivity contribution >= 4 is 28.6 Å². The van der Waals surface area contributed by atoms with E-state index in [0.717, 1.165) is 31.2 Å². The first-order valence-corrected chi connectivity index (χ1v) is 11.4. The van der Waals surface area contributed by atoms with Crippen molar-refractivity contribution in [1.82, 2.24) is 9.88 Å². The molecule has 1 saturated carbocycles. The maximum atomic E-state index is 13.3. The first kappa shape index (κ1) is 17.7. The Kier molecular flexibility index (Phi) is 4.30. The Balaban J connectivity index is 1.34. The third-order valence-corrected chi connectivity index (χ3v) is 8.39. The summed E-state index contributed by atoms with van der Waals surface area (Å²) >= 11 is 1.81. The van der Waals surface area contributed by atoms with Crippen molar-refractivity contribution < 1.29 is 4.79 Å². The van der Waals surface area contributed by atoms with Gasteiger partial charge in [0.1, 0.15) is 0 Å². The predicted molar refractivity (Wildman–Crippen MR) is 110 cm³/mol. The highest BCUT2D eigenvalue weighted by molar-refractivity contribution is 7.15. The SMILES string of the molecule is CC(C)(C(=O)N1CCc2nc(N3C4C=NCC3CC4)sc2C1)C1CCCC1. The molecule has 6 heteroatoms. The van der Waals surface area contributed by atoms with Crippen LogP contribution in [0.5, 0.6) is 0 Å². The van der Waals surface area contributed by atoms with Gasteiger partial charge in [-0.3, -0.25) is 9.79 Å². The van der Waals surface area contributed by atoms with Crippen LogP contribution in [0.3, 0.4) is 0 Å². The van der Waals surface area contributed by atoms with E-state index in [1.54, 1.807) is 0 Å². The van der Waals surface area contributed by atoms with Gasteiger partial charge in [-0.05, 0) is 31.6 Å². The first-order chi connectivity index (χ1) is 13.0. The number of hydrogen-bond donors (Lipinski definition) is 0. The van der Waals surface area contributed by atoms with Crippen molar-refractivity contribution in [3.05, 3.63) is 10.6 Å². The van der Waals surface area contributed by atoms with Crippen LogP contribution in [0.25, 0.3) is 0 Å². The third-order valence-electron chi connectivity index (χ3n) is 7.30. The lowest BCUT2D eigenvalue weighted by atomic mass is 9.76. The van der Waals surface area contributed by atoms with Gasteiger partial charge in [0.05, 0.1) is 30.9 Å². The zero-order valence-electron chi connectivity index (χ0n) is 16.5. The molecule has 2 bridgehead atoms. The van der Waals surface area contributed by atoms with E-state index in [2.05, 4.69) is 34.9 Å². The van der Waals surface area contributed by atoms with Crippen LogP contribution in [0.15, 0.2) is 4.99 Å². The summed E-state index contributed by atoms with van der Waals surface area (Å²) in [7, 11) is 0. The lowest BCUT2D eigenvalue weighted by Crippen LogP contribution is -2.46. The summed E-state index contributed by atoms with van der Waals surface area (Å²) in [6.45, 7) is 6.81. The number of thiazole rings is 1. The fraction of sp³-hybridized carbons (Fsp3) is 0.762. The van der Waals surface area contributed by atoms with Crippen LogP contribution in [-0.2, 0) is 17.8 Å². The molecule has 1 aliphatic carbocycles. The monoisotopic (exact) mass is 386 g/mol. The largest absolute Gasteiger partial charge is 0.337 e. The smallest absolute Gasteiger partial charge is 0.228 e. The average Bonchev–Trinajstić information content (AvgIpc) is 3.38. The zero-order valence-corrected chi connectivity index (χ0v) is 17.3. The molecule has 146 valence electrons. The van der Waals surface area contributed by atoms with E-state index in [1.165, 1.54) is 49.1 Å². The molecule has 27 heavy (non-hydrogen) atoms. The quantitative estimate of drug-likeness (QED) is 0.796. The highest BCUT2D eigenvalue weighted by atomic mass is 32.1. The number of carbonyl (C=O) groups excluding carboxylic acids is 1. The Hall–Kier alpha value is -1.43. The van der Waals surface area contributed by atoms with E-state index in [-0.39, 0.29) is 5.41 Å². The molecule has 0 spiro atoms. The highest BCUT2D eigenvalue weighted by Gasteiger charge is 2.42. The van der Waals surface area contributed by atoms with Crippen LogP contribution in [0.2, 0.25) is 0 Å². The van der Waals surface area contributed by atoms with Crippen LogP contribution in [-0.4, -0.2) is 47.2 Å². The predicted octanol–water partition coefficient (Wildman–Crippen LogP) is 3.67. The van der Waals surface area contributed by atoms with E-state index < -0.39 is 0 Å². The molecule has 2 fully saturated rings. The summed E-state index contributed by atoms with van der Waals surface area (Å²) in [5.74, 6) is 0.895. The van der Waals surface area contributed by atoms with E-state index in [1.807, 2.05) is 11.3 Å². The number of amides is 1. The Morgan fingerprint density at radius 2 is 2.04 bits per heavy atom. The van der Waals surface area contributed by atoms with Crippen molar-refractivity contribution in [1.29, 1.82) is 0 Å². The number of aliphatic imine (C=N–C) groups is 1. The van der Waals surface area contributed by atoms with Crippen LogP contribution < -0.4 is 4.90 Å². The zero-order chi connectivity index (χ0) is 18.6. The van der Waals surface area contributed by atoms with E-state index >= 15 is 0 Å². The molecule has 3 aliphatic heterocycles. The van der Waals surface area contributed by atoms with Gasteiger partial charge < -0.3 is 9.80 Å². The summed E-state index contributed by atoms with van der Waals surface area (Å²) in [5.41, 5.74) is 0.990. The maximum Gasteiger partial charge on any atom is 0.228 e. The van der Waals surface area contributed by atoms with Gasteiger partial charge in [0.15, 0.2) is 5.13 Å². The van der Waals surface area contributed by atoms with Crippen LogP contribution in [0.1, 0.15) is 62.9 Å². The van der Waals surface area contributed by atoms with Gasteiger partial charge in [0.2, 0.25) is 5.91 Å². The number of rotatable bonds is 3. The Bertz CT molecular complexity index is 764. The van der Waals surface area contributed by atoms with Gasteiger partial charge in [0, 0.05) is 29.5 Å². The number of carbonyl (C=O) groups is 1. The van der Waals surface area contributed by atoms with E-state index in [9.17, 15) is 4.79 Å². The number of hydrogen-bond acceptors (Lipinski definition) is 5. The fourth-order valence-electron chi connectivity index (χ4n) is 5.54. The molecule has 0 aromatic carbocycles. The minimum Gasteiger partial charge on any atom is -0.337 e. The molecule has 2 unspecified atom stereocenters. The molecule has 5 nitrogen and oxygen atoms in total. The standard InChI is InChI=1S/C21H30N4OS/c1-21(2,14-5-3-4-6-14)19(26)24-10-9-17-18(13-24)27-20(23-17)25-15-7-8-16(25)12-22-11-15/h11,14-16H,3-10,12-13H2,1-2H3. The Morgan fingerprint density at radius 1 is 1.22 bits per heavy atom. The normalized spacial score (nSPS) is 28.1. The Labute approximate surface area is 165 Å². The number of fused-ring (bicyclic) bond motifs is 3. The highest BCUT2D eigenvalue weighted by Crippen LogP contribution is 2.42. The summed E-state index contributed by atoms with van der Waals surface area (Å²) in [6.07, 6.45) is 10.4. The first-order valence-electron chi connectivity index (χ1n) is 10.6. The second kappa shape index (κ2) is 6.57. The van der Waals surface area contributed by atoms with Gasteiger partial charge in [-0.15, -0.1) is 0 Å². The molecule has 1 aromatic heterocycles. The number of aromatic nitrogens is 1. The summed E-state index contributed by atoms with van der Waals surface area (Å²) in [6, 6.07) is 0.946. The molecule has 1 saturated heterocycles. The lowest BCUT2D eigenvalue weighted by molar-refractivity contribution is -0.144. The molecule has 1 aromatic rings. The molecule has 5 rings (SSSR count). The minimum atomic E-state index is -0.232. The van der Waals surface area contributed by atoms with Crippen molar-refractivity contribution in [3.8, 4) is 0 Å². The van der Waals surface area contributed by atoms with Crippen LogP contribution in [0.4, 0.5) is 5.13 Å². The van der Waals surface area contributed by atoms with Crippen LogP contribution in [0, 0.1) is 11.3 Å². The maximum absolute atomic E-state index is 13.3. The average molecular weight is 387 g/mol. The molecule has 0 radical (unpaired) electrons. The molecular weight excluding hydrogens is 356 g/mol. The number of anilines is 1. The topological polar surface area (TPSA) is 48.8 Å². The van der Waals surface area contributed by atoms with Gasteiger partial charge in [-0.1, -0.05) is 38.0 Å². The second-order valence-corrected chi connectivity index (χ2v) is 10.3. The lowest BCUT2D eigenvalue weighted by Gasteiger charge is -2.37. The summed E-state index contributed by atoms with van der Waals surface area (Å²) in [5, 5.41) is 1.16. The van der Waals surface area contributed by atoms with Gasteiger partial charge in [0.25, 0.3) is 0 Å². The minimum absolute atomic E-state index is 0.232. The molecular formula is C21H30N4OS. The summed E-state index contributed by atoms with van der Waals surface area (Å²) in [4.78, 5) is 28.7. The molecule has 0 N–H and O–H groups in total. The molecule has 4 heterocycles. The Morgan fingerprint density at radius 3 is 2.81 bits per heavy atom. The van der Waals surface area contributed by atoms with E-state index in [4.69, 9.17) is 4.98 Å². The molecule has 4 aliphatic rings. The molecule has 1 amide bonds. The number of nitrogens with zero attached hydrogens (tertiary/aromatic N) is 4. The fourth-order valence-corrected chi connectivity index (χ4v) is 6.79. The van der Waals surface area contributed by atoms with Crippen molar-refractivity contribution in [2.45, 2.75) is 77.4 Å². The molecule has 2 atom stereocenters. The van der Waals surface area contributed by atoms with Crippen molar-refractivity contribution in [2.24, 2.45) is 16.3 Å². The summed E-state index contributed by atoms with van der Waals surface area (Å²) < 4.78 is 0. The van der Waals surface area contributed by atoms with Crippen LogP contribution >= 0.6 is 11.3 Å². The second-order valence-electron chi connectivity index (χ2n) is 9.27. The van der Waals surface area contributed by atoms with E-state index in [0.29, 0.717) is 23.9 Å². The van der Waals surface area contributed by atoms with Gasteiger partial charge in [-0.25, -0.2) is 4.98 Å². The van der Waals surface area contributed by atoms with Crippen molar-refractivity contribution in [2.75, 3.05) is 18.0 Å². The van der Waals surface area contributed by atoms with Gasteiger partial charge in [-0.2, -0.15) is 0 Å². The third kappa shape index (κ3) is 2.91.